The van der Waals surface area contributed by atoms with Crippen molar-refractivity contribution < 1.29 is 22.7 Å². The summed E-state index contributed by atoms with van der Waals surface area (Å²) in [5.74, 6) is 0.473. The lowest BCUT2D eigenvalue weighted by atomic mass is 10.1. The summed E-state index contributed by atoms with van der Waals surface area (Å²) in [5.41, 5.74) is 4.20. The van der Waals surface area contributed by atoms with Gasteiger partial charge in [0, 0.05) is 24.5 Å². The van der Waals surface area contributed by atoms with E-state index in [1.165, 1.54) is 48.8 Å². The molecule has 2 amide bonds. The van der Waals surface area contributed by atoms with Gasteiger partial charge in [0.05, 0.1) is 11.3 Å². The largest absolute Gasteiger partial charge is 0.468 e. The summed E-state index contributed by atoms with van der Waals surface area (Å²) in [5, 5.41) is -1.25. The number of pyridine rings is 1. The quantitative estimate of drug-likeness (QED) is 0.734. The summed E-state index contributed by atoms with van der Waals surface area (Å²) in [7, 11) is 0. The van der Waals surface area contributed by atoms with Gasteiger partial charge in [0.1, 0.15) is 5.75 Å². The maximum absolute atomic E-state index is 13.3. The fourth-order valence-corrected chi connectivity index (χ4v) is 2.96. The van der Waals surface area contributed by atoms with E-state index in [2.05, 4.69) is 4.98 Å². The number of anilines is 1. The highest BCUT2D eigenvalue weighted by Crippen LogP contribution is 2.39. The van der Waals surface area contributed by atoms with Crippen molar-refractivity contribution >= 4 is 23.3 Å². The van der Waals surface area contributed by atoms with Gasteiger partial charge in [-0.05, 0) is 36.4 Å². The molecule has 1 aromatic carbocycles. The zero-order valence-electron chi connectivity index (χ0n) is 14.4. The van der Waals surface area contributed by atoms with Gasteiger partial charge >= 0.3 is 12.2 Å². The van der Waals surface area contributed by atoms with Gasteiger partial charge in [-0.25, -0.2) is 4.79 Å². The third kappa shape index (κ3) is 4.28. The summed E-state index contributed by atoms with van der Waals surface area (Å²) in [6, 6.07) is 6.88. The first-order chi connectivity index (χ1) is 13.2. The number of para-hydroxylation sites is 1. The fourth-order valence-electron chi connectivity index (χ4n) is 2.73. The monoisotopic (exact) mass is 409 g/mol. The van der Waals surface area contributed by atoms with Crippen LogP contribution in [-0.4, -0.2) is 16.1 Å². The van der Waals surface area contributed by atoms with E-state index in [0.29, 0.717) is 5.75 Å². The molecule has 0 saturated carbocycles. The van der Waals surface area contributed by atoms with Gasteiger partial charge in [-0.2, -0.15) is 13.2 Å². The van der Waals surface area contributed by atoms with Crippen molar-refractivity contribution in [3.8, 4) is 5.75 Å². The van der Waals surface area contributed by atoms with E-state index in [1.807, 2.05) is 0 Å². The molecule has 0 saturated heterocycles. The van der Waals surface area contributed by atoms with E-state index in [9.17, 15) is 18.0 Å². The third-order valence-electron chi connectivity index (χ3n) is 3.96. The lowest BCUT2D eigenvalue weighted by Crippen LogP contribution is -2.38. The smallest absolute Gasteiger partial charge is 0.418 e. The van der Waals surface area contributed by atoms with Crippen molar-refractivity contribution in [3.63, 3.8) is 0 Å². The average molecular weight is 410 g/mol. The van der Waals surface area contributed by atoms with Crippen LogP contribution >= 0.6 is 11.6 Å². The SMILES string of the molecule is NC(=O)N(C1=CCC(Cl)(Oc2ccncc2)C=C1)c1ccccc1C(F)(F)F. The van der Waals surface area contributed by atoms with Crippen LogP contribution in [0.3, 0.4) is 0 Å². The normalized spacial score (nSPS) is 19.1. The van der Waals surface area contributed by atoms with Crippen LogP contribution in [0.1, 0.15) is 12.0 Å². The van der Waals surface area contributed by atoms with Crippen LogP contribution in [-0.2, 0) is 6.18 Å². The number of aromatic nitrogens is 1. The van der Waals surface area contributed by atoms with E-state index in [-0.39, 0.29) is 17.8 Å². The minimum Gasteiger partial charge on any atom is -0.468 e. The van der Waals surface area contributed by atoms with Crippen molar-refractivity contribution in [2.45, 2.75) is 17.7 Å². The molecule has 0 spiro atoms. The first-order valence-corrected chi connectivity index (χ1v) is 8.50. The number of benzene rings is 1. The second-order valence-electron chi connectivity index (χ2n) is 5.93. The summed E-state index contributed by atoms with van der Waals surface area (Å²) >= 11 is 6.42. The number of carbonyl (C=O) groups is 1. The van der Waals surface area contributed by atoms with E-state index >= 15 is 0 Å². The van der Waals surface area contributed by atoms with Gasteiger partial charge < -0.3 is 10.5 Å². The molecule has 1 heterocycles. The molecule has 0 aliphatic heterocycles. The van der Waals surface area contributed by atoms with E-state index < -0.39 is 22.8 Å². The molecule has 1 aliphatic rings. The average Bonchev–Trinajstić information content (AvgIpc) is 2.64. The van der Waals surface area contributed by atoms with Crippen LogP contribution in [0.4, 0.5) is 23.7 Å². The van der Waals surface area contributed by atoms with Crippen molar-refractivity contribution in [2.24, 2.45) is 5.73 Å². The Labute approximate surface area is 163 Å². The molecular weight excluding hydrogens is 395 g/mol. The molecule has 0 bridgehead atoms. The van der Waals surface area contributed by atoms with Crippen molar-refractivity contribution in [3.05, 3.63) is 78.3 Å². The van der Waals surface area contributed by atoms with Crippen molar-refractivity contribution in [1.29, 1.82) is 0 Å². The number of allylic oxidation sites excluding steroid dienone is 1. The number of alkyl halides is 4. The molecule has 1 atom stereocenters. The molecule has 2 aromatic rings. The van der Waals surface area contributed by atoms with Gasteiger partial charge in [-0.3, -0.25) is 9.88 Å². The predicted octanol–water partition coefficient (Wildman–Crippen LogP) is 4.84. The highest BCUT2D eigenvalue weighted by molar-refractivity contribution is 6.24. The number of nitrogens with zero attached hydrogens (tertiary/aromatic N) is 2. The number of ether oxygens (including phenoxy) is 1. The van der Waals surface area contributed by atoms with Crippen LogP contribution in [0.15, 0.2) is 72.7 Å². The van der Waals surface area contributed by atoms with Crippen LogP contribution in [0, 0.1) is 0 Å². The Hall–Kier alpha value is -3.00. The zero-order chi connectivity index (χ0) is 20.4. The first kappa shape index (κ1) is 19.8. The Bertz CT molecular complexity index is 932. The lowest BCUT2D eigenvalue weighted by molar-refractivity contribution is -0.137. The summed E-state index contributed by atoms with van der Waals surface area (Å²) < 4.78 is 45.7. The maximum atomic E-state index is 13.3. The molecule has 0 radical (unpaired) electrons. The molecule has 3 rings (SSSR count). The van der Waals surface area contributed by atoms with Crippen LogP contribution in [0.25, 0.3) is 0 Å². The van der Waals surface area contributed by atoms with Crippen molar-refractivity contribution in [2.75, 3.05) is 4.90 Å². The van der Waals surface area contributed by atoms with Gasteiger partial charge in [0.25, 0.3) is 0 Å². The molecular formula is C19H15ClF3N3O2. The number of nitrogens with two attached hydrogens (primary N) is 1. The van der Waals surface area contributed by atoms with Gasteiger partial charge in [0.2, 0.25) is 5.06 Å². The van der Waals surface area contributed by atoms with Crippen LogP contribution in [0.5, 0.6) is 5.75 Å². The minimum absolute atomic E-state index is 0.0979. The molecule has 2 N–H and O–H groups in total. The zero-order valence-corrected chi connectivity index (χ0v) is 15.1. The molecule has 28 heavy (non-hydrogen) atoms. The number of hydrogen-bond donors (Lipinski definition) is 1. The van der Waals surface area contributed by atoms with Gasteiger partial charge in [-0.15, -0.1) is 0 Å². The number of primary amides is 1. The Morgan fingerprint density at radius 3 is 2.46 bits per heavy atom. The Morgan fingerprint density at radius 1 is 1.21 bits per heavy atom. The van der Waals surface area contributed by atoms with E-state index in [1.54, 1.807) is 12.1 Å². The topological polar surface area (TPSA) is 68.5 Å². The van der Waals surface area contributed by atoms with Crippen LogP contribution < -0.4 is 15.4 Å². The van der Waals surface area contributed by atoms with Gasteiger partial charge in [-0.1, -0.05) is 29.8 Å². The number of rotatable bonds is 4. The number of hydrogen-bond acceptors (Lipinski definition) is 3. The second kappa shape index (κ2) is 7.55. The molecule has 9 heteroatoms. The summed E-state index contributed by atoms with van der Waals surface area (Å²) in [6.45, 7) is 0. The number of halogens is 4. The Balaban J connectivity index is 1.89. The first-order valence-electron chi connectivity index (χ1n) is 8.13. The predicted molar refractivity (Wildman–Crippen MR) is 98.8 cm³/mol. The molecule has 146 valence electrons. The van der Waals surface area contributed by atoms with Crippen LogP contribution in [0.2, 0.25) is 0 Å². The highest BCUT2D eigenvalue weighted by Gasteiger charge is 2.37. The fraction of sp³-hybridized carbons (Fsp3) is 0.158. The molecule has 1 aromatic heterocycles. The highest BCUT2D eigenvalue weighted by atomic mass is 35.5. The second-order valence-corrected chi connectivity index (χ2v) is 6.57. The maximum Gasteiger partial charge on any atom is 0.418 e. The number of amides is 2. The summed E-state index contributed by atoms with van der Waals surface area (Å²) in [4.78, 5) is 16.6. The summed E-state index contributed by atoms with van der Waals surface area (Å²) in [6.07, 6.45) is 2.86. The lowest BCUT2D eigenvalue weighted by Gasteiger charge is -2.31. The Morgan fingerprint density at radius 2 is 1.89 bits per heavy atom. The van der Waals surface area contributed by atoms with E-state index in [4.69, 9.17) is 22.1 Å². The molecule has 1 aliphatic carbocycles. The molecule has 0 fully saturated rings. The number of carbonyl (C=O) groups excluding carboxylic acids is 1. The third-order valence-corrected chi connectivity index (χ3v) is 4.32. The van der Waals surface area contributed by atoms with E-state index in [0.717, 1.165) is 11.0 Å². The Kier molecular flexibility index (Phi) is 5.33. The number of urea groups is 1. The minimum atomic E-state index is -4.65. The molecule has 5 nitrogen and oxygen atoms in total. The molecule has 1 unspecified atom stereocenters. The standard InChI is InChI=1S/C19H15ClF3N3O2/c20-18(28-14-7-11-25-12-8-14)9-5-13(6-10-18)26(17(24)27)16-4-2-1-3-15(16)19(21,22)23/h1-9,11-12H,10H2,(H2,24,27). The van der Waals surface area contributed by atoms with Gasteiger partial charge in [0.15, 0.2) is 0 Å². The van der Waals surface area contributed by atoms with Crippen molar-refractivity contribution in [1.82, 2.24) is 4.98 Å².